The van der Waals surface area contributed by atoms with Crippen LogP contribution in [-0.4, -0.2) is 37.8 Å². The highest BCUT2D eigenvalue weighted by molar-refractivity contribution is 5.86. The predicted octanol–water partition coefficient (Wildman–Crippen LogP) is 3.21. The molecule has 0 unspecified atom stereocenters. The monoisotopic (exact) mass is 363 g/mol. The number of aromatic nitrogens is 4. The summed E-state index contributed by atoms with van der Waals surface area (Å²) in [6.45, 7) is 2.29. The van der Waals surface area contributed by atoms with Gasteiger partial charge in [0.05, 0.1) is 6.54 Å². The maximum Gasteiger partial charge on any atom is 0.229 e. The molecule has 0 radical (unpaired) electrons. The lowest BCUT2D eigenvalue weighted by Crippen LogP contribution is -2.28. The summed E-state index contributed by atoms with van der Waals surface area (Å²) in [5, 5.41) is 14.2. The third-order valence-corrected chi connectivity index (χ3v) is 4.32. The van der Waals surface area contributed by atoms with E-state index in [-0.39, 0.29) is 12.5 Å². The van der Waals surface area contributed by atoms with E-state index in [0.717, 1.165) is 35.1 Å². The van der Waals surface area contributed by atoms with Crippen molar-refractivity contribution in [3.8, 4) is 22.5 Å². The van der Waals surface area contributed by atoms with Gasteiger partial charge in [0.15, 0.2) is 0 Å². The highest BCUT2D eigenvalue weighted by Gasteiger charge is 2.14. The number of hydrogen-bond acceptors (Lipinski definition) is 5. The first kappa shape index (κ1) is 18.4. The minimum Gasteiger partial charge on any atom is -0.281 e. The topological polar surface area (TPSA) is 91.8 Å². The van der Waals surface area contributed by atoms with Crippen molar-refractivity contribution in [1.82, 2.24) is 25.5 Å². The van der Waals surface area contributed by atoms with E-state index in [4.69, 9.17) is 0 Å². The summed E-state index contributed by atoms with van der Waals surface area (Å²) in [6, 6.07) is 15.6. The summed E-state index contributed by atoms with van der Waals surface area (Å²) >= 11 is 0. The van der Waals surface area contributed by atoms with Crippen LogP contribution in [0.25, 0.3) is 22.5 Å². The van der Waals surface area contributed by atoms with Gasteiger partial charge in [0.2, 0.25) is 18.1 Å². The van der Waals surface area contributed by atoms with Crippen molar-refractivity contribution in [2.24, 2.45) is 0 Å². The summed E-state index contributed by atoms with van der Waals surface area (Å²) in [4.78, 5) is 24.6. The third-order valence-electron chi connectivity index (χ3n) is 4.32. The molecule has 0 saturated heterocycles. The van der Waals surface area contributed by atoms with Gasteiger partial charge in [-0.15, -0.1) is 10.2 Å². The molecule has 7 heteroatoms. The van der Waals surface area contributed by atoms with Crippen molar-refractivity contribution in [2.75, 3.05) is 0 Å². The standard InChI is InChI=1S/C20H21N5O2/c1-2-3-8-19(27)25(14-26)13-15-9-11-16(12-10-15)17-6-4-5-7-18(17)20-21-23-24-22-20/h4-7,9-12,14H,2-3,8,13H2,1H3,(H,21,22,23,24). The number of amides is 2. The lowest BCUT2D eigenvalue weighted by Gasteiger charge is -2.16. The molecule has 0 aliphatic rings. The Kier molecular flexibility index (Phi) is 6.04. The van der Waals surface area contributed by atoms with Gasteiger partial charge in [0.25, 0.3) is 0 Å². The van der Waals surface area contributed by atoms with E-state index in [2.05, 4.69) is 20.6 Å². The number of nitrogens with one attached hydrogen (secondary N) is 1. The van der Waals surface area contributed by atoms with Crippen LogP contribution in [0.5, 0.6) is 0 Å². The molecule has 7 nitrogen and oxygen atoms in total. The normalized spacial score (nSPS) is 10.6. The van der Waals surface area contributed by atoms with Gasteiger partial charge >= 0.3 is 0 Å². The molecule has 0 fully saturated rings. The van der Waals surface area contributed by atoms with Gasteiger partial charge in [-0.2, -0.15) is 5.21 Å². The Bertz CT molecular complexity index is 891. The summed E-state index contributed by atoms with van der Waals surface area (Å²) in [5.41, 5.74) is 3.75. The van der Waals surface area contributed by atoms with Crippen LogP contribution >= 0.6 is 0 Å². The highest BCUT2D eigenvalue weighted by Crippen LogP contribution is 2.29. The van der Waals surface area contributed by atoms with Crippen molar-refractivity contribution < 1.29 is 9.59 Å². The molecule has 0 aliphatic heterocycles. The number of tetrazole rings is 1. The minimum atomic E-state index is -0.140. The second-order valence-corrected chi connectivity index (χ2v) is 6.21. The van der Waals surface area contributed by atoms with Gasteiger partial charge in [-0.25, -0.2) is 0 Å². The molecular formula is C20H21N5O2. The van der Waals surface area contributed by atoms with Crippen LogP contribution in [0.15, 0.2) is 48.5 Å². The van der Waals surface area contributed by atoms with Gasteiger partial charge in [0, 0.05) is 12.0 Å². The van der Waals surface area contributed by atoms with E-state index in [1.807, 2.05) is 55.5 Å². The number of imide groups is 1. The van der Waals surface area contributed by atoms with E-state index >= 15 is 0 Å². The molecule has 0 spiro atoms. The fraction of sp³-hybridized carbons (Fsp3) is 0.250. The zero-order valence-corrected chi connectivity index (χ0v) is 15.1. The van der Waals surface area contributed by atoms with Crippen molar-refractivity contribution in [3.05, 3.63) is 54.1 Å². The number of H-pyrrole nitrogens is 1. The average molecular weight is 363 g/mol. The number of unbranched alkanes of at least 4 members (excludes halogenated alkanes) is 1. The molecule has 0 saturated carbocycles. The Labute approximate surface area is 157 Å². The number of carbonyl (C=O) groups is 2. The molecule has 2 aromatic carbocycles. The largest absolute Gasteiger partial charge is 0.281 e. The molecule has 1 aromatic heterocycles. The second-order valence-electron chi connectivity index (χ2n) is 6.21. The van der Waals surface area contributed by atoms with Crippen molar-refractivity contribution in [3.63, 3.8) is 0 Å². The van der Waals surface area contributed by atoms with E-state index in [9.17, 15) is 9.59 Å². The van der Waals surface area contributed by atoms with Crippen molar-refractivity contribution in [2.45, 2.75) is 32.7 Å². The van der Waals surface area contributed by atoms with E-state index in [1.165, 1.54) is 4.90 Å². The van der Waals surface area contributed by atoms with E-state index in [0.29, 0.717) is 18.7 Å². The quantitative estimate of drug-likeness (QED) is 0.621. The SMILES string of the molecule is CCCCC(=O)N(C=O)Cc1ccc(-c2ccccc2-c2nn[nH]n2)cc1. The van der Waals surface area contributed by atoms with Crippen LogP contribution in [0.2, 0.25) is 0 Å². The van der Waals surface area contributed by atoms with Crippen molar-refractivity contribution in [1.29, 1.82) is 0 Å². The Morgan fingerprint density at radius 2 is 1.85 bits per heavy atom. The maximum absolute atomic E-state index is 12.1. The van der Waals surface area contributed by atoms with Crippen LogP contribution in [0.4, 0.5) is 0 Å². The molecule has 1 heterocycles. The summed E-state index contributed by atoms with van der Waals surface area (Å²) in [6.07, 6.45) is 2.71. The zero-order valence-electron chi connectivity index (χ0n) is 15.1. The molecule has 2 amide bonds. The molecule has 0 aliphatic carbocycles. The third kappa shape index (κ3) is 4.44. The Hall–Kier alpha value is -3.35. The van der Waals surface area contributed by atoms with Crippen molar-refractivity contribution >= 4 is 12.3 Å². The van der Waals surface area contributed by atoms with Crippen LogP contribution in [0, 0.1) is 0 Å². The van der Waals surface area contributed by atoms with Gasteiger partial charge in [-0.1, -0.05) is 61.9 Å². The lowest BCUT2D eigenvalue weighted by molar-refractivity contribution is -0.138. The average Bonchev–Trinajstić information content (AvgIpc) is 3.25. The molecule has 0 atom stereocenters. The number of aromatic amines is 1. The van der Waals surface area contributed by atoms with Crippen LogP contribution < -0.4 is 0 Å². The molecule has 3 rings (SSSR count). The fourth-order valence-electron chi connectivity index (χ4n) is 2.85. The molecule has 27 heavy (non-hydrogen) atoms. The molecule has 1 N–H and O–H groups in total. The number of benzene rings is 2. The Morgan fingerprint density at radius 1 is 1.11 bits per heavy atom. The van der Waals surface area contributed by atoms with Gasteiger partial charge in [-0.05, 0) is 28.3 Å². The summed E-state index contributed by atoms with van der Waals surface area (Å²) < 4.78 is 0. The zero-order chi connectivity index (χ0) is 19.1. The fourth-order valence-corrected chi connectivity index (χ4v) is 2.85. The van der Waals surface area contributed by atoms with Gasteiger partial charge in [-0.3, -0.25) is 14.5 Å². The van der Waals surface area contributed by atoms with Gasteiger partial charge in [0.1, 0.15) is 0 Å². The van der Waals surface area contributed by atoms with Crippen LogP contribution in [0.1, 0.15) is 31.7 Å². The first-order valence-electron chi connectivity index (χ1n) is 8.90. The number of carbonyl (C=O) groups excluding carboxylic acids is 2. The number of nitrogens with zero attached hydrogens (tertiary/aromatic N) is 4. The summed E-state index contributed by atoms with van der Waals surface area (Å²) in [5.74, 6) is 0.390. The van der Waals surface area contributed by atoms with E-state index in [1.54, 1.807) is 0 Å². The molecular weight excluding hydrogens is 342 g/mol. The predicted molar refractivity (Wildman–Crippen MR) is 101 cm³/mol. The van der Waals surface area contributed by atoms with Crippen LogP contribution in [-0.2, 0) is 16.1 Å². The smallest absolute Gasteiger partial charge is 0.229 e. The lowest BCUT2D eigenvalue weighted by atomic mass is 9.98. The number of rotatable bonds is 8. The Balaban J connectivity index is 1.78. The molecule has 3 aromatic rings. The first-order valence-corrected chi connectivity index (χ1v) is 8.90. The summed E-state index contributed by atoms with van der Waals surface area (Å²) in [7, 11) is 0. The Morgan fingerprint density at radius 3 is 2.48 bits per heavy atom. The second kappa shape index (κ2) is 8.84. The number of hydrogen-bond donors (Lipinski definition) is 1. The first-order chi connectivity index (χ1) is 13.2. The van der Waals surface area contributed by atoms with Gasteiger partial charge < -0.3 is 0 Å². The molecule has 0 bridgehead atoms. The maximum atomic E-state index is 12.1. The van der Waals surface area contributed by atoms with Crippen LogP contribution in [0.3, 0.4) is 0 Å². The minimum absolute atomic E-state index is 0.140. The van der Waals surface area contributed by atoms with E-state index < -0.39 is 0 Å². The highest BCUT2D eigenvalue weighted by atomic mass is 16.2. The molecule has 138 valence electrons.